The number of nitrogens with one attached hydrogen (secondary N) is 1. The zero-order valence-corrected chi connectivity index (χ0v) is 18.0. The first-order valence-electron chi connectivity index (χ1n) is 11.6. The van der Waals surface area contributed by atoms with Gasteiger partial charge in [-0.15, -0.1) is 0 Å². The van der Waals surface area contributed by atoms with E-state index >= 15 is 0 Å². The zero-order chi connectivity index (χ0) is 21.0. The van der Waals surface area contributed by atoms with Crippen molar-refractivity contribution < 1.29 is 4.79 Å². The molecule has 31 heavy (non-hydrogen) atoms. The second-order valence-corrected chi connectivity index (χ2v) is 8.85. The van der Waals surface area contributed by atoms with Crippen LogP contribution < -0.4 is 10.2 Å². The van der Waals surface area contributed by atoms with Crippen molar-refractivity contribution in [3.8, 4) is 11.1 Å². The third kappa shape index (κ3) is 4.36. The van der Waals surface area contributed by atoms with Crippen LogP contribution in [0.4, 0.5) is 16.2 Å². The Labute approximate surface area is 185 Å². The Hall–Kier alpha value is -3.07. The number of carbonyl (C=O) groups is 1. The quantitative estimate of drug-likeness (QED) is 0.480. The lowest BCUT2D eigenvalue weighted by atomic mass is 9.83. The van der Waals surface area contributed by atoms with Crippen LogP contribution in [0.5, 0.6) is 0 Å². The molecule has 2 amide bonds. The standard InChI is InChI=1S/C28H30N2O/c31-28(29-26-11-5-2-6-12-26)30-19-7-10-25-20-24(17-18-27(25)30)23-15-13-22(14-16-23)21-8-3-1-4-9-21/h2,5-6,11-18,20-21H,1,3-4,7-10,19H2,(H,29,31). The molecule has 3 nitrogen and oxygen atoms in total. The minimum Gasteiger partial charge on any atom is -0.308 e. The summed E-state index contributed by atoms with van der Waals surface area (Å²) >= 11 is 0. The molecule has 0 aromatic heterocycles. The van der Waals surface area contributed by atoms with E-state index in [-0.39, 0.29) is 6.03 Å². The van der Waals surface area contributed by atoms with Gasteiger partial charge in [-0.3, -0.25) is 4.90 Å². The van der Waals surface area contributed by atoms with Crippen LogP contribution in [0.15, 0.2) is 72.8 Å². The van der Waals surface area contributed by atoms with E-state index in [9.17, 15) is 4.79 Å². The molecule has 3 aromatic carbocycles. The van der Waals surface area contributed by atoms with Gasteiger partial charge in [0.1, 0.15) is 0 Å². The van der Waals surface area contributed by atoms with E-state index in [4.69, 9.17) is 0 Å². The lowest BCUT2D eigenvalue weighted by Crippen LogP contribution is -2.38. The lowest BCUT2D eigenvalue weighted by Gasteiger charge is -2.30. The first kappa shape index (κ1) is 19.9. The van der Waals surface area contributed by atoms with Crippen molar-refractivity contribution in [2.75, 3.05) is 16.8 Å². The van der Waals surface area contributed by atoms with Crippen molar-refractivity contribution in [1.82, 2.24) is 0 Å². The third-order valence-corrected chi connectivity index (χ3v) is 6.79. The summed E-state index contributed by atoms with van der Waals surface area (Å²) in [6.45, 7) is 0.751. The van der Waals surface area contributed by atoms with Crippen molar-refractivity contribution in [2.24, 2.45) is 0 Å². The van der Waals surface area contributed by atoms with Crippen LogP contribution in [-0.2, 0) is 6.42 Å². The molecule has 0 spiro atoms. The molecule has 0 unspecified atom stereocenters. The number of hydrogen-bond donors (Lipinski definition) is 1. The third-order valence-electron chi connectivity index (χ3n) is 6.79. The summed E-state index contributed by atoms with van der Waals surface area (Å²) in [5.74, 6) is 0.739. The molecule has 0 bridgehead atoms. The predicted octanol–water partition coefficient (Wildman–Crippen LogP) is 7.39. The molecule has 2 aliphatic rings. The van der Waals surface area contributed by atoms with Gasteiger partial charge >= 0.3 is 6.03 Å². The fourth-order valence-corrected chi connectivity index (χ4v) is 5.08. The average molecular weight is 411 g/mol. The zero-order valence-electron chi connectivity index (χ0n) is 18.0. The highest BCUT2D eigenvalue weighted by atomic mass is 16.2. The van der Waals surface area contributed by atoms with Crippen LogP contribution in [0.2, 0.25) is 0 Å². The lowest BCUT2D eigenvalue weighted by molar-refractivity contribution is 0.256. The van der Waals surface area contributed by atoms with E-state index in [1.54, 1.807) is 0 Å². The van der Waals surface area contributed by atoms with Crippen LogP contribution in [0, 0.1) is 0 Å². The van der Waals surface area contributed by atoms with Gasteiger partial charge in [-0.25, -0.2) is 4.79 Å². The fraction of sp³-hybridized carbons (Fsp3) is 0.321. The van der Waals surface area contributed by atoms with E-state index in [1.165, 1.54) is 54.4 Å². The predicted molar refractivity (Wildman–Crippen MR) is 129 cm³/mol. The first-order valence-corrected chi connectivity index (χ1v) is 11.6. The number of anilines is 2. The van der Waals surface area contributed by atoms with Gasteiger partial charge < -0.3 is 5.32 Å². The van der Waals surface area contributed by atoms with Crippen LogP contribution >= 0.6 is 0 Å². The summed E-state index contributed by atoms with van der Waals surface area (Å²) in [6, 6.07) is 25.3. The highest BCUT2D eigenvalue weighted by Crippen LogP contribution is 2.35. The molecule has 1 heterocycles. The maximum absolute atomic E-state index is 12.9. The second-order valence-electron chi connectivity index (χ2n) is 8.85. The molecular formula is C28H30N2O. The summed E-state index contributed by atoms with van der Waals surface area (Å²) in [6.07, 6.45) is 8.79. The molecule has 158 valence electrons. The number of amides is 2. The maximum atomic E-state index is 12.9. The van der Waals surface area contributed by atoms with Crippen molar-refractivity contribution >= 4 is 17.4 Å². The molecule has 3 heteroatoms. The Bertz CT molecular complexity index is 1040. The van der Waals surface area contributed by atoms with E-state index in [0.29, 0.717) is 0 Å². The molecule has 5 rings (SSSR count). The van der Waals surface area contributed by atoms with Crippen LogP contribution in [-0.4, -0.2) is 12.6 Å². The second kappa shape index (κ2) is 8.97. The number of para-hydroxylation sites is 1. The monoisotopic (exact) mass is 410 g/mol. The number of urea groups is 1. The van der Waals surface area contributed by atoms with E-state index in [0.717, 1.165) is 36.7 Å². The number of benzene rings is 3. The Balaban J connectivity index is 1.34. The highest BCUT2D eigenvalue weighted by molar-refractivity contribution is 6.02. The summed E-state index contributed by atoms with van der Waals surface area (Å²) < 4.78 is 0. The van der Waals surface area contributed by atoms with Crippen molar-refractivity contribution in [1.29, 1.82) is 0 Å². The Morgan fingerprint density at radius 3 is 2.32 bits per heavy atom. The average Bonchev–Trinajstić information content (AvgIpc) is 2.84. The minimum atomic E-state index is -0.0586. The molecule has 3 aromatic rings. The Morgan fingerprint density at radius 1 is 0.806 bits per heavy atom. The summed E-state index contributed by atoms with van der Waals surface area (Å²) in [5.41, 5.74) is 7.09. The normalized spacial score (nSPS) is 16.6. The number of aryl methyl sites for hydroxylation is 1. The van der Waals surface area contributed by atoms with Crippen molar-refractivity contribution in [2.45, 2.75) is 50.9 Å². The molecule has 0 saturated heterocycles. The van der Waals surface area contributed by atoms with Crippen molar-refractivity contribution in [3.63, 3.8) is 0 Å². The summed E-state index contributed by atoms with van der Waals surface area (Å²) in [5, 5.41) is 3.02. The molecule has 1 aliphatic carbocycles. The number of nitrogens with zero attached hydrogens (tertiary/aromatic N) is 1. The SMILES string of the molecule is O=C(Nc1ccccc1)N1CCCc2cc(-c3ccc(C4CCCCC4)cc3)ccc21. The maximum Gasteiger partial charge on any atom is 0.326 e. The summed E-state index contributed by atoms with van der Waals surface area (Å²) in [7, 11) is 0. The molecule has 1 aliphatic heterocycles. The fourth-order valence-electron chi connectivity index (χ4n) is 5.08. The van der Waals surface area contributed by atoms with Gasteiger partial charge in [0, 0.05) is 17.9 Å². The summed E-state index contributed by atoms with van der Waals surface area (Å²) in [4.78, 5) is 14.8. The minimum absolute atomic E-state index is 0.0586. The van der Waals surface area contributed by atoms with Crippen molar-refractivity contribution in [3.05, 3.63) is 83.9 Å². The highest BCUT2D eigenvalue weighted by Gasteiger charge is 2.23. The number of carbonyl (C=O) groups excluding carboxylic acids is 1. The van der Waals surface area contributed by atoms with Gasteiger partial charge in [0.25, 0.3) is 0 Å². The largest absolute Gasteiger partial charge is 0.326 e. The number of hydrogen-bond acceptors (Lipinski definition) is 1. The first-order chi connectivity index (χ1) is 15.3. The topological polar surface area (TPSA) is 32.3 Å². The van der Waals surface area contributed by atoms with Crippen LogP contribution in [0.1, 0.15) is 55.6 Å². The van der Waals surface area contributed by atoms with E-state index in [1.807, 2.05) is 35.2 Å². The molecular weight excluding hydrogens is 380 g/mol. The van der Waals surface area contributed by atoms with Crippen LogP contribution in [0.25, 0.3) is 11.1 Å². The number of rotatable bonds is 3. The van der Waals surface area contributed by atoms with Gasteiger partial charge in [-0.2, -0.15) is 0 Å². The van der Waals surface area contributed by atoms with E-state index < -0.39 is 0 Å². The molecule has 1 fully saturated rings. The van der Waals surface area contributed by atoms with Gasteiger partial charge in [0.15, 0.2) is 0 Å². The Kier molecular flexibility index (Phi) is 5.75. The van der Waals surface area contributed by atoms with Gasteiger partial charge in [0.2, 0.25) is 0 Å². The molecule has 1 saturated carbocycles. The van der Waals surface area contributed by atoms with Gasteiger partial charge in [-0.05, 0) is 78.1 Å². The number of fused-ring (bicyclic) bond motifs is 1. The van der Waals surface area contributed by atoms with E-state index in [2.05, 4.69) is 47.8 Å². The Morgan fingerprint density at radius 2 is 1.55 bits per heavy atom. The molecule has 0 atom stereocenters. The molecule has 1 N–H and O–H groups in total. The molecule has 0 radical (unpaired) electrons. The van der Waals surface area contributed by atoms with Crippen LogP contribution in [0.3, 0.4) is 0 Å². The van der Waals surface area contributed by atoms with Gasteiger partial charge in [-0.1, -0.05) is 67.8 Å². The smallest absolute Gasteiger partial charge is 0.308 e. The van der Waals surface area contributed by atoms with Gasteiger partial charge in [0.05, 0.1) is 0 Å².